The minimum Gasteiger partial charge on any atom is -0.496 e. The largest absolute Gasteiger partial charge is 0.496 e. The number of ether oxygens (including phenoxy) is 1. The normalized spacial score (nSPS) is 16.4. The molecule has 28 heavy (non-hydrogen) atoms. The zero-order valence-electron chi connectivity index (χ0n) is 15.2. The number of anilines is 1. The highest BCUT2D eigenvalue weighted by Crippen LogP contribution is 2.27. The third kappa shape index (κ3) is 3.59. The van der Waals surface area contributed by atoms with E-state index in [1.54, 1.807) is 30.4 Å². The molecular formula is C19H19N5O4. The summed E-state index contributed by atoms with van der Waals surface area (Å²) >= 11 is 0. The Bertz CT molecular complexity index is 982. The molecule has 0 spiro atoms. The van der Waals surface area contributed by atoms with Gasteiger partial charge >= 0.3 is 0 Å². The van der Waals surface area contributed by atoms with Crippen LogP contribution in [0.4, 0.5) is 5.95 Å². The van der Waals surface area contributed by atoms with Crippen molar-refractivity contribution < 1.29 is 18.7 Å². The summed E-state index contributed by atoms with van der Waals surface area (Å²) in [4.78, 5) is 30.6. The van der Waals surface area contributed by atoms with E-state index in [2.05, 4.69) is 20.5 Å². The van der Waals surface area contributed by atoms with Crippen molar-refractivity contribution in [2.75, 3.05) is 19.0 Å². The Morgan fingerprint density at radius 1 is 1.36 bits per heavy atom. The summed E-state index contributed by atoms with van der Waals surface area (Å²) in [6, 6.07) is 10.9. The second-order valence-electron chi connectivity index (χ2n) is 6.45. The van der Waals surface area contributed by atoms with E-state index < -0.39 is 5.92 Å². The van der Waals surface area contributed by atoms with Crippen LogP contribution in [0, 0.1) is 5.92 Å². The Balaban J connectivity index is 1.40. The maximum Gasteiger partial charge on any atom is 0.249 e. The fourth-order valence-electron chi connectivity index (χ4n) is 3.18. The summed E-state index contributed by atoms with van der Waals surface area (Å²) in [5.41, 5.74) is 0.735. The molecule has 1 saturated heterocycles. The van der Waals surface area contributed by atoms with Crippen LogP contribution < -0.4 is 10.1 Å². The zero-order chi connectivity index (χ0) is 19.5. The number of likely N-dealkylation sites (tertiary alicyclic amines) is 1. The number of methoxy groups -OCH3 is 1. The molecule has 4 rings (SSSR count). The summed E-state index contributed by atoms with van der Waals surface area (Å²) in [5, 5.41) is 9.51. The summed E-state index contributed by atoms with van der Waals surface area (Å²) in [6.45, 7) is 0.684. The van der Waals surface area contributed by atoms with Gasteiger partial charge in [-0.1, -0.05) is 12.1 Å². The summed E-state index contributed by atoms with van der Waals surface area (Å²) in [7, 11) is 1.57. The van der Waals surface area contributed by atoms with E-state index in [1.807, 2.05) is 24.3 Å². The number of benzene rings is 1. The monoisotopic (exact) mass is 381 g/mol. The molecule has 2 amide bonds. The predicted octanol–water partition coefficient (Wildman–Crippen LogP) is 2.06. The third-order valence-corrected chi connectivity index (χ3v) is 4.59. The number of para-hydroxylation sites is 1. The number of carbonyl (C=O) groups excluding carboxylic acids is 2. The van der Waals surface area contributed by atoms with Gasteiger partial charge in [0.2, 0.25) is 17.8 Å². The molecule has 0 saturated carbocycles. The first-order chi connectivity index (χ1) is 13.6. The number of hydrogen-bond acceptors (Lipinski definition) is 6. The number of aromatic amines is 1. The summed E-state index contributed by atoms with van der Waals surface area (Å²) in [6.07, 6.45) is 1.71. The molecule has 3 heterocycles. The third-order valence-electron chi connectivity index (χ3n) is 4.59. The van der Waals surface area contributed by atoms with E-state index in [1.165, 1.54) is 0 Å². The van der Waals surface area contributed by atoms with E-state index in [0.29, 0.717) is 30.4 Å². The van der Waals surface area contributed by atoms with Crippen LogP contribution in [0.25, 0.3) is 11.4 Å². The Hall–Kier alpha value is -3.62. The summed E-state index contributed by atoms with van der Waals surface area (Å²) in [5.74, 6) is 1.13. The number of amides is 2. The van der Waals surface area contributed by atoms with Gasteiger partial charge in [-0.15, -0.1) is 5.10 Å². The number of carbonyl (C=O) groups is 2. The van der Waals surface area contributed by atoms with Crippen LogP contribution in [-0.4, -0.2) is 45.6 Å². The van der Waals surface area contributed by atoms with Crippen molar-refractivity contribution in [3.05, 3.63) is 48.4 Å². The lowest BCUT2D eigenvalue weighted by molar-refractivity contribution is -0.128. The Labute approximate surface area is 160 Å². The Kier molecular flexibility index (Phi) is 4.79. The van der Waals surface area contributed by atoms with Gasteiger partial charge in [-0.2, -0.15) is 4.98 Å². The highest BCUT2D eigenvalue weighted by molar-refractivity contribution is 5.96. The number of aromatic nitrogens is 3. The van der Waals surface area contributed by atoms with Gasteiger partial charge in [0.25, 0.3) is 0 Å². The molecule has 1 aromatic carbocycles. The van der Waals surface area contributed by atoms with Crippen LogP contribution in [0.2, 0.25) is 0 Å². The zero-order valence-corrected chi connectivity index (χ0v) is 15.2. The van der Waals surface area contributed by atoms with Crippen LogP contribution in [0.15, 0.2) is 47.1 Å². The van der Waals surface area contributed by atoms with Gasteiger partial charge in [-0.05, 0) is 24.3 Å². The van der Waals surface area contributed by atoms with Crippen molar-refractivity contribution in [3.8, 4) is 17.1 Å². The standard InChI is InChI=1S/C19H19N5O4/c1-27-15-7-3-2-6-14(15)17-20-19(23-22-17)21-18(26)12-9-16(25)24(10-12)11-13-5-4-8-28-13/h2-8,12H,9-11H2,1H3,(H2,20,21,22,23,26)/t12-/m0/s1. The first-order valence-electron chi connectivity index (χ1n) is 8.81. The van der Waals surface area contributed by atoms with Crippen LogP contribution in [0.3, 0.4) is 0 Å². The number of H-pyrrole nitrogens is 1. The van der Waals surface area contributed by atoms with Gasteiger partial charge in [-0.3, -0.25) is 20.0 Å². The molecule has 9 nitrogen and oxygen atoms in total. The van der Waals surface area contributed by atoms with E-state index in [-0.39, 0.29) is 24.2 Å². The van der Waals surface area contributed by atoms with Crippen LogP contribution in [0.5, 0.6) is 5.75 Å². The second-order valence-corrected chi connectivity index (χ2v) is 6.45. The molecule has 1 aliphatic rings. The van der Waals surface area contributed by atoms with Gasteiger partial charge in [-0.25, -0.2) is 0 Å². The average Bonchev–Trinajstić information content (AvgIpc) is 3.45. The molecule has 3 aromatic rings. The van der Waals surface area contributed by atoms with Gasteiger partial charge in [0, 0.05) is 13.0 Å². The van der Waals surface area contributed by atoms with E-state index in [4.69, 9.17) is 9.15 Å². The number of hydrogen-bond donors (Lipinski definition) is 2. The van der Waals surface area contributed by atoms with E-state index >= 15 is 0 Å². The lowest BCUT2D eigenvalue weighted by atomic mass is 10.1. The van der Waals surface area contributed by atoms with Gasteiger partial charge in [0.15, 0.2) is 5.82 Å². The SMILES string of the molecule is COc1ccccc1-c1nc(NC(=O)[C@H]2CC(=O)N(Cc3ccco3)C2)n[nH]1. The van der Waals surface area contributed by atoms with Gasteiger partial charge in [0.05, 0.1) is 31.4 Å². The predicted molar refractivity (Wildman–Crippen MR) is 99.2 cm³/mol. The fourth-order valence-corrected chi connectivity index (χ4v) is 3.18. The lowest BCUT2D eigenvalue weighted by Gasteiger charge is -2.14. The average molecular weight is 381 g/mol. The summed E-state index contributed by atoms with van der Waals surface area (Å²) < 4.78 is 10.6. The molecule has 2 N–H and O–H groups in total. The highest BCUT2D eigenvalue weighted by Gasteiger charge is 2.35. The molecule has 1 fully saturated rings. The molecule has 0 bridgehead atoms. The minimum absolute atomic E-state index is 0.0822. The quantitative estimate of drug-likeness (QED) is 0.676. The van der Waals surface area contributed by atoms with E-state index in [9.17, 15) is 9.59 Å². The van der Waals surface area contributed by atoms with Crippen molar-refractivity contribution in [2.45, 2.75) is 13.0 Å². The molecule has 0 aliphatic carbocycles. The second kappa shape index (κ2) is 7.55. The molecule has 2 aromatic heterocycles. The lowest BCUT2D eigenvalue weighted by Crippen LogP contribution is -2.28. The number of nitrogens with zero attached hydrogens (tertiary/aromatic N) is 3. The molecule has 1 atom stereocenters. The maximum atomic E-state index is 12.5. The van der Waals surface area contributed by atoms with E-state index in [0.717, 1.165) is 5.56 Å². The van der Waals surface area contributed by atoms with Gasteiger partial charge in [0.1, 0.15) is 11.5 Å². The van der Waals surface area contributed by atoms with Crippen molar-refractivity contribution in [1.29, 1.82) is 0 Å². The number of rotatable bonds is 6. The number of furan rings is 1. The van der Waals surface area contributed by atoms with Gasteiger partial charge < -0.3 is 14.1 Å². The Morgan fingerprint density at radius 2 is 2.21 bits per heavy atom. The first kappa shape index (κ1) is 17.8. The molecule has 1 aliphatic heterocycles. The topological polar surface area (TPSA) is 113 Å². The molecule has 0 unspecified atom stereocenters. The smallest absolute Gasteiger partial charge is 0.249 e. The molecule has 0 radical (unpaired) electrons. The fraction of sp³-hybridized carbons (Fsp3) is 0.263. The van der Waals surface area contributed by atoms with Crippen LogP contribution >= 0.6 is 0 Å². The minimum atomic E-state index is -0.462. The maximum absolute atomic E-state index is 12.5. The molecular weight excluding hydrogens is 362 g/mol. The molecule has 9 heteroatoms. The van der Waals surface area contributed by atoms with Crippen molar-refractivity contribution in [1.82, 2.24) is 20.1 Å². The van der Waals surface area contributed by atoms with Crippen LogP contribution in [0.1, 0.15) is 12.2 Å². The van der Waals surface area contributed by atoms with Crippen molar-refractivity contribution >= 4 is 17.8 Å². The number of nitrogens with one attached hydrogen (secondary N) is 2. The molecule has 144 valence electrons. The first-order valence-corrected chi connectivity index (χ1v) is 8.81. The van der Waals surface area contributed by atoms with Crippen molar-refractivity contribution in [3.63, 3.8) is 0 Å². The Morgan fingerprint density at radius 3 is 3.00 bits per heavy atom. The van der Waals surface area contributed by atoms with Crippen LogP contribution in [-0.2, 0) is 16.1 Å². The highest BCUT2D eigenvalue weighted by atomic mass is 16.5. The van der Waals surface area contributed by atoms with Crippen molar-refractivity contribution in [2.24, 2.45) is 5.92 Å².